The number of carbonyl (C=O) groups is 1. The Hall–Kier alpha value is -3.23. The molecule has 5 aliphatic rings. The van der Waals surface area contributed by atoms with Crippen molar-refractivity contribution >= 4 is 11.6 Å². The number of nitrogens with one attached hydrogen (secondary N) is 1. The molecule has 4 atom stereocenters. The monoisotopic (exact) mass is 504 g/mol. The van der Waals surface area contributed by atoms with Crippen LogP contribution in [0.1, 0.15) is 42.4 Å². The number of aliphatic hydroxyl groups is 2. The van der Waals surface area contributed by atoms with Gasteiger partial charge in [0.25, 0.3) is 5.91 Å². The molecule has 8 nitrogen and oxygen atoms in total. The number of nitrogens with zero attached hydrogens (tertiary/aromatic N) is 1. The minimum absolute atomic E-state index is 0.000900. The number of hydrogen-bond acceptors (Lipinski definition) is 7. The van der Waals surface area contributed by atoms with Crippen LogP contribution in [0.15, 0.2) is 41.7 Å². The molecule has 0 unspecified atom stereocenters. The Kier molecular flexibility index (Phi) is 4.74. The molecule has 0 aromatic heterocycles. The molecule has 4 N–H and O–H groups in total. The number of phenolic OH excluding ortho intramolecular Hbond substituents is 1. The van der Waals surface area contributed by atoms with E-state index in [-0.39, 0.29) is 29.5 Å². The molecular formula is C29H32N2O6. The molecule has 2 aliphatic heterocycles. The number of piperidine rings is 1. The van der Waals surface area contributed by atoms with Gasteiger partial charge < -0.3 is 30.1 Å². The van der Waals surface area contributed by atoms with Crippen molar-refractivity contribution in [3.05, 3.63) is 58.4 Å². The van der Waals surface area contributed by atoms with Crippen LogP contribution in [0.3, 0.4) is 0 Å². The average molecular weight is 505 g/mol. The molecule has 2 bridgehead atoms. The van der Waals surface area contributed by atoms with Crippen molar-refractivity contribution in [2.24, 2.45) is 5.92 Å². The lowest BCUT2D eigenvalue weighted by Crippen LogP contribution is -2.75. The van der Waals surface area contributed by atoms with Crippen LogP contribution < -0.4 is 14.8 Å². The quantitative estimate of drug-likeness (QED) is 0.494. The summed E-state index contributed by atoms with van der Waals surface area (Å²) in [6, 6.07) is 8.81. The highest BCUT2D eigenvalue weighted by molar-refractivity contribution is 6.06. The Morgan fingerprint density at radius 2 is 2.05 bits per heavy atom. The van der Waals surface area contributed by atoms with Gasteiger partial charge in [0, 0.05) is 24.6 Å². The van der Waals surface area contributed by atoms with E-state index in [4.69, 9.17) is 9.47 Å². The molecule has 0 radical (unpaired) electrons. The molecule has 3 aliphatic carbocycles. The number of anilines is 1. The minimum Gasteiger partial charge on any atom is -0.508 e. The minimum atomic E-state index is -1.34. The number of methoxy groups -OCH3 is 1. The highest BCUT2D eigenvalue weighted by Crippen LogP contribution is 2.66. The number of aliphatic hydroxyl groups excluding tert-OH is 1. The van der Waals surface area contributed by atoms with E-state index in [1.165, 1.54) is 12.8 Å². The standard InChI is InChI=1S/C29H32N2O6/c1-15-4-3-5-20(36-2)23(15)30-27(34)18-13-29(35)21-12-17-8-9-19(32)25-22(17)28(29,26(37-25)24(18)33)10-11-31(21)14-16-6-7-16/h3-5,8-9,16,21,26,32-33,35H,6-7,10-14H2,1-2H3,(H,30,34)/t21-,26+,28+,29-/m1/s1. The first-order valence-electron chi connectivity index (χ1n) is 13.1. The van der Waals surface area contributed by atoms with E-state index in [2.05, 4.69) is 10.2 Å². The number of amides is 1. The van der Waals surface area contributed by atoms with Crippen LogP contribution >= 0.6 is 0 Å². The van der Waals surface area contributed by atoms with Crippen molar-refractivity contribution in [3.63, 3.8) is 0 Å². The zero-order valence-electron chi connectivity index (χ0n) is 21.1. The zero-order chi connectivity index (χ0) is 25.7. The number of aromatic hydroxyl groups is 1. The second-order valence-electron chi connectivity index (χ2n) is 11.4. The third-order valence-electron chi connectivity index (χ3n) is 9.48. The van der Waals surface area contributed by atoms with E-state index in [1.54, 1.807) is 19.2 Å². The van der Waals surface area contributed by atoms with E-state index in [0.717, 1.165) is 29.8 Å². The average Bonchev–Trinajstić information content (AvgIpc) is 3.62. The van der Waals surface area contributed by atoms with E-state index in [0.29, 0.717) is 35.9 Å². The van der Waals surface area contributed by atoms with E-state index in [9.17, 15) is 20.1 Å². The largest absolute Gasteiger partial charge is 0.508 e. The predicted molar refractivity (Wildman–Crippen MR) is 136 cm³/mol. The molecule has 7 rings (SSSR count). The molecular weight excluding hydrogens is 472 g/mol. The molecule has 1 saturated heterocycles. The fourth-order valence-corrected chi connectivity index (χ4v) is 7.53. The number of benzene rings is 2. The summed E-state index contributed by atoms with van der Waals surface area (Å²) in [7, 11) is 1.54. The number of para-hydroxylation sites is 1. The smallest absolute Gasteiger partial charge is 0.255 e. The van der Waals surface area contributed by atoms with Crippen LogP contribution in [0.4, 0.5) is 5.69 Å². The molecule has 2 aromatic rings. The number of hydrogen-bond donors (Lipinski definition) is 4. The summed E-state index contributed by atoms with van der Waals surface area (Å²) in [4.78, 5) is 16.1. The van der Waals surface area contributed by atoms with Gasteiger partial charge in [0.15, 0.2) is 17.6 Å². The van der Waals surface area contributed by atoms with Crippen LogP contribution in [-0.2, 0) is 16.6 Å². The van der Waals surface area contributed by atoms with Crippen molar-refractivity contribution < 1.29 is 29.6 Å². The summed E-state index contributed by atoms with van der Waals surface area (Å²) >= 11 is 0. The van der Waals surface area contributed by atoms with E-state index in [1.807, 2.05) is 25.1 Å². The Balaban J connectivity index is 1.35. The first-order chi connectivity index (χ1) is 17.8. The summed E-state index contributed by atoms with van der Waals surface area (Å²) in [5.74, 6) is 0.816. The van der Waals surface area contributed by atoms with Gasteiger partial charge in [0.1, 0.15) is 11.5 Å². The van der Waals surface area contributed by atoms with Crippen LogP contribution in [-0.4, -0.2) is 64.1 Å². The topological polar surface area (TPSA) is 111 Å². The van der Waals surface area contributed by atoms with Gasteiger partial charge >= 0.3 is 0 Å². The van der Waals surface area contributed by atoms with Gasteiger partial charge in [-0.1, -0.05) is 18.2 Å². The van der Waals surface area contributed by atoms with Crippen molar-refractivity contribution in [2.45, 2.75) is 62.2 Å². The maximum Gasteiger partial charge on any atom is 0.255 e. The number of ether oxygens (including phenoxy) is 2. The number of carbonyl (C=O) groups excluding carboxylic acids is 1. The first-order valence-corrected chi connectivity index (χ1v) is 13.1. The molecule has 2 heterocycles. The van der Waals surface area contributed by atoms with Crippen molar-refractivity contribution in [2.75, 3.05) is 25.5 Å². The normalized spacial score (nSPS) is 31.5. The summed E-state index contributed by atoms with van der Waals surface area (Å²) in [5.41, 5.74) is 1.03. The van der Waals surface area contributed by atoms with E-state index >= 15 is 0 Å². The van der Waals surface area contributed by atoms with Crippen LogP contribution in [0.25, 0.3) is 0 Å². The van der Waals surface area contributed by atoms with Crippen molar-refractivity contribution in [1.29, 1.82) is 0 Å². The fraction of sp³-hybridized carbons (Fsp3) is 0.483. The third kappa shape index (κ3) is 2.94. The Morgan fingerprint density at radius 3 is 2.81 bits per heavy atom. The number of likely N-dealkylation sites (tertiary alicyclic amines) is 1. The van der Waals surface area contributed by atoms with Crippen LogP contribution in [0, 0.1) is 12.8 Å². The highest BCUT2D eigenvalue weighted by Gasteiger charge is 2.73. The predicted octanol–water partition coefficient (Wildman–Crippen LogP) is 3.33. The van der Waals surface area contributed by atoms with Crippen molar-refractivity contribution in [1.82, 2.24) is 4.90 Å². The molecule has 2 aromatic carbocycles. The second kappa shape index (κ2) is 7.65. The van der Waals surface area contributed by atoms with Gasteiger partial charge in [-0.05, 0) is 68.3 Å². The number of phenols is 1. The summed E-state index contributed by atoms with van der Waals surface area (Å²) in [6.45, 7) is 3.57. The molecule has 1 saturated carbocycles. The van der Waals surface area contributed by atoms with Crippen LogP contribution in [0.5, 0.6) is 17.2 Å². The van der Waals surface area contributed by atoms with E-state index < -0.39 is 23.0 Å². The van der Waals surface area contributed by atoms with Gasteiger partial charge in [-0.3, -0.25) is 9.69 Å². The Morgan fingerprint density at radius 1 is 1.24 bits per heavy atom. The number of aryl methyl sites for hydroxylation is 1. The Labute approximate surface area is 215 Å². The second-order valence-corrected chi connectivity index (χ2v) is 11.4. The lowest BCUT2D eigenvalue weighted by molar-refractivity contribution is -0.172. The lowest BCUT2D eigenvalue weighted by atomic mass is 9.49. The number of rotatable bonds is 5. The lowest BCUT2D eigenvalue weighted by Gasteiger charge is -2.62. The van der Waals surface area contributed by atoms with Gasteiger partial charge in [0.2, 0.25) is 0 Å². The molecule has 1 amide bonds. The zero-order valence-corrected chi connectivity index (χ0v) is 21.1. The maximum absolute atomic E-state index is 13.7. The van der Waals surface area contributed by atoms with Gasteiger partial charge in [0.05, 0.1) is 29.4 Å². The highest BCUT2D eigenvalue weighted by atomic mass is 16.5. The van der Waals surface area contributed by atoms with Crippen LogP contribution in [0.2, 0.25) is 0 Å². The third-order valence-corrected chi connectivity index (χ3v) is 9.48. The van der Waals surface area contributed by atoms with Gasteiger partial charge in [-0.2, -0.15) is 0 Å². The Bertz CT molecular complexity index is 1370. The molecule has 1 spiro atoms. The summed E-state index contributed by atoms with van der Waals surface area (Å²) in [6.07, 6.45) is 2.65. The summed E-state index contributed by atoms with van der Waals surface area (Å²) in [5, 5.41) is 37.9. The SMILES string of the molecule is COc1cccc(C)c1NC(=O)C1=C(O)[C@@H]2Oc3c(O)ccc4c3[C@@]23CCN(CC2CC2)[C@H](C4)[C@]3(O)C1. The maximum atomic E-state index is 13.7. The molecule has 2 fully saturated rings. The van der Waals surface area contributed by atoms with Gasteiger partial charge in [-0.25, -0.2) is 0 Å². The molecule has 194 valence electrons. The van der Waals surface area contributed by atoms with Gasteiger partial charge in [-0.15, -0.1) is 0 Å². The van der Waals surface area contributed by atoms with Crippen molar-refractivity contribution in [3.8, 4) is 17.2 Å². The fourth-order valence-electron chi connectivity index (χ4n) is 7.53. The summed E-state index contributed by atoms with van der Waals surface area (Å²) < 4.78 is 11.7. The first kappa shape index (κ1) is 22.9. The molecule has 37 heavy (non-hydrogen) atoms. The molecule has 8 heteroatoms.